The largest absolute Gasteiger partial charge is 0.497 e. The molecule has 0 atom stereocenters. The van der Waals surface area contributed by atoms with E-state index >= 15 is 0 Å². The summed E-state index contributed by atoms with van der Waals surface area (Å²) >= 11 is 0. The van der Waals surface area contributed by atoms with Crippen LogP contribution in [-0.4, -0.2) is 29.1 Å². The molecule has 0 fully saturated rings. The lowest BCUT2D eigenvalue weighted by molar-refractivity contribution is 0.415. The topological polar surface area (TPSA) is 59.4 Å². The molecule has 0 amide bonds. The molecule has 4 rings (SSSR count). The van der Waals surface area contributed by atoms with Crippen molar-refractivity contribution in [3.05, 3.63) is 106 Å². The van der Waals surface area contributed by atoms with Crippen molar-refractivity contribution < 1.29 is 4.74 Å². The zero-order valence-corrected chi connectivity index (χ0v) is 17.7. The van der Waals surface area contributed by atoms with Crippen LogP contribution in [0.5, 0.6) is 5.75 Å². The summed E-state index contributed by atoms with van der Waals surface area (Å²) in [6.45, 7) is 2.52. The van der Waals surface area contributed by atoms with Crippen LogP contribution in [0.25, 0.3) is 16.9 Å². The summed E-state index contributed by atoms with van der Waals surface area (Å²) in [6, 6.07) is 27.5. The van der Waals surface area contributed by atoms with Gasteiger partial charge in [0.05, 0.1) is 24.1 Å². The molecule has 4 aromatic rings. The first-order chi connectivity index (χ1) is 15.2. The van der Waals surface area contributed by atoms with Gasteiger partial charge < -0.3 is 4.74 Å². The number of aliphatic imine (C=N–C) groups is 1. The van der Waals surface area contributed by atoms with Crippen molar-refractivity contribution >= 4 is 5.71 Å². The maximum atomic E-state index is 13.4. The first-order valence-corrected chi connectivity index (χ1v) is 10.3. The maximum absolute atomic E-state index is 13.4. The van der Waals surface area contributed by atoms with E-state index in [1.807, 2.05) is 79.7 Å². The third-order valence-electron chi connectivity index (χ3n) is 5.24. The Labute approximate surface area is 181 Å². The monoisotopic (exact) mass is 411 g/mol. The number of aromatic nitrogens is 2. The molecule has 0 spiro atoms. The molecule has 0 radical (unpaired) electrons. The molecule has 0 aliphatic carbocycles. The lowest BCUT2D eigenvalue weighted by Crippen LogP contribution is -2.19. The second kappa shape index (κ2) is 9.30. The molecule has 31 heavy (non-hydrogen) atoms. The number of nitrogens with zero attached hydrogens (tertiary/aromatic N) is 2. The Bertz CT molecular complexity index is 1220. The van der Waals surface area contributed by atoms with Crippen LogP contribution in [0.2, 0.25) is 0 Å². The van der Waals surface area contributed by atoms with Crippen molar-refractivity contribution in [2.75, 3.05) is 13.7 Å². The van der Waals surface area contributed by atoms with E-state index in [1.165, 1.54) is 5.56 Å². The predicted octanol–water partition coefficient (Wildman–Crippen LogP) is 4.89. The third kappa shape index (κ3) is 4.51. The van der Waals surface area contributed by atoms with Gasteiger partial charge in [-0.1, -0.05) is 48.5 Å². The Morgan fingerprint density at radius 3 is 2.23 bits per heavy atom. The van der Waals surface area contributed by atoms with Crippen molar-refractivity contribution in [1.29, 1.82) is 0 Å². The summed E-state index contributed by atoms with van der Waals surface area (Å²) in [5, 5.41) is 3.29. The Kier molecular flexibility index (Phi) is 6.13. The number of aromatic amines is 1. The standard InChI is InChI=1S/C26H25N3O2/c1-19(27-18-17-20-9-5-3-6-10-20)24-25(21-13-15-23(31-2)16-14-21)28-29(26(24)30)22-11-7-4-8-12-22/h3-16,28H,17-18H2,1-2H3. The van der Waals surface area contributed by atoms with E-state index in [0.29, 0.717) is 12.1 Å². The number of H-pyrrole nitrogens is 1. The predicted molar refractivity (Wildman–Crippen MR) is 126 cm³/mol. The van der Waals surface area contributed by atoms with Crippen molar-refractivity contribution in [2.45, 2.75) is 13.3 Å². The normalized spacial score (nSPS) is 11.5. The third-order valence-corrected chi connectivity index (χ3v) is 5.24. The molecule has 0 aliphatic rings. The SMILES string of the molecule is COc1ccc(-c2[nH]n(-c3ccccc3)c(=O)c2C(C)=NCCc2ccccc2)cc1. The van der Waals surface area contributed by atoms with Gasteiger partial charge in [0.15, 0.2) is 0 Å². The van der Waals surface area contributed by atoms with Crippen LogP contribution < -0.4 is 10.3 Å². The van der Waals surface area contributed by atoms with E-state index < -0.39 is 0 Å². The Morgan fingerprint density at radius 2 is 1.58 bits per heavy atom. The second-order valence-electron chi connectivity index (χ2n) is 7.27. The van der Waals surface area contributed by atoms with E-state index in [-0.39, 0.29) is 5.56 Å². The van der Waals surface area contributed by atoms with Crippen molar-refractivity contribution in [2.24, 2.45) is 4.99 Å². The summed E-state index contributed by atoms with van der Waals surface area (Å²) in [5.74, 6) is 0.767. The summed E-state index contributed by atoms with van der Waals surface area (Å²) in [5.41, 5.74) is 4.85. The molecular formula is C26H25N3O2. The van der Waals surface area contributed by atoms with Gasteiger partial charge in [-0.2, -0.15) is 0 Å². The maximum Gasteiger partial charge on any atom is 0.280 e. The molecule has 0 saturated carbocycles. The molecule has 156 valence electrons. The number of methoxy groups -OCH3 is 1. The summed E-state index contributed by atoms with van der Waals surface area (Å²) in [6.07, 6.45) is 0.827. The quantitative estimate of drug-likeness (QED) is 0.440. The summed E-state index contributed by atoms with van der Waals surface area (Å²) in [7, 11) is 1.64. The second-order valence-corrected chi connectivity index (χ2v) is 7.27. The Morgan fingerprint density at radius 1 is 0.935 bits per heavy atom. The minimum atomic E-state index is -0.113. The highest BCUT2D eigenvalue weighted by atomic mass is 16.5. The van der Waals surface area contributed by atoms with Crippen molar-refractivity contribution in [1.82, 2.24) is 9.78 Å². The molecule has 0 saturated heterocycles. The fraction of sp³-hybridized carbons (Fsp3) is 0.154. The van der Waals surface area contributed by atoms with Crippen molar-refractivity contribution in [3.8, 4) is 22.7 Å². The number of nitrogens with one attached hydrogen (secondary N) is 1. The molecule has 0 bridgehead atoms. The molecule has 1 aromatic heterocycles. The van der Waals surface area contributed by atoms with Gasteiger partial charge in [0, 0.05) is 17.8 Å². The molecule has 0 unspecified atom stereocenters. The molecule has 1 heterocycles. The zero-order valence-electron chi connectivity index (χ0n) is 17.7. The van der Waals surface area contributed by atoms with Crippen molar-refractivity contribution in [3.63, 3.8) is 0 Å². The average molecular weight is 412 g/mol. The van der Waals surface area contributed by atoms with Gasteiger partial charge in [0.2, 0.25) is 0 Å². The molecule has 1 N–H and O–H groups in total. The number of hydrogen-bond acceptors (Lipinski definition) is 3. The number of ether oxygens (including phenoxy) is 1. The minimum Gasteiger partial charge on any atom is -0.497 e. The van der Waals surface area contributed by atoms with Crippen LogP contribution in [-0.2, 0) is 6.42 Å². The van der Waals surface area contributed by atoms with E-state index in [9.17, 15) is 4.79 Å². The fourth-order valence-corrected chi connectivity index (χ4v) is 3.57. The molecule has 5 heteroatoms. The fourth-order valence-electron chi connectivity index (χ4n) is 3.57. The van der Waals surface area contributed by atoms with E-state index in [4.69, 9.17) is 9.73 Å². The minimum absolute atomic E-state index is 0.113. The van der Waals surface area contributed by atoms with Gasteiger partial charge in [-0.25, -0.2) is 4.68 Å². The lowest BCUT2D eigenvalue weighted by atomic mass is 10.0. The van der Waals surface area contributed by atoms with Crippen LogP contribution in [0.3, 0.4) is 0 Å². The van der Waals surface area contributed by atoms with Gasteiger partial charge in [-0.3, -0.25) is 14.9 Å². The molecular weight excluding hydrogens is 386 g/mol. The lowest BCUT2D eigenvalue weighted by Gasteiger charge is -2.05. The average Bonchev–Trinajstić information content (AvgIpc) is 3.17. The van der Waals surface area contributed by atoms with Gasteiger partial charge >= 0.3 is 0 Å². The van der Waals surface area contributed by atoms with Crippen LogP contribution in [0.1, 0.15) is 18.1 Å². The van der Waals surface area contributed by atoms with E-state index in [0.717, 1.165) is 34.8 Å². The smallest absolute Gasteiger partial charge is 0.280 e. The van der Waals surface area contributed by atoms with Crippen LogP contribution in [0.15, 0.2) is 94.7 Å². The highest BCUT2D eigenvalue weighted by Gasteiger charge is 2.19. The highest BCUT2D eigenvalue weighted by molar-refractivity contribution is 6.03. The van der Waals surface area contributed by atoms with E-state index in [1.54, 1.807) is 11.8 Å². The van der Waals surface area contributed by atoms with E-state index in [2.05, 4.69) is 17.2 Å². The Balaban J connectivity index is 1.74. The molecule has 3 aromatic carbocycles. The highest BCUT2D eigenvalue weighted by Crippen LogP contribution is 2.24. The number of rotatable bonds is 7. The van der Waals surface area contributed by atoms with Crippen LogP contribution >= 0.6 is 0 Å². The first-order valence-electron chi connectivity index (χ1n) is 10.3. The number of hydrogen-bond donors (Lipinski definition) is 1. The van der Waals surface area contributed by atoms with Gasteiger partial charge in [-0.05, 0) is 55.3 Å². The zero-order chi connectivity index (χ0) is 21.6. The summed E-state index contributed by atoms with van der Waals surface area (Å²) < 4.78 is 6.85. The first kappa shape index (κ1) is 20.4. The Hall–Kier alpha value is -3.86. The van der Waals surface area contributed by atoms with Crippen LogP contribution in [0, 0.1) is 0 Å². The summed E-state index contributed by atoms with van der Waals surface area (Å²) in [4.78, 5) is 18.1. The molecule has 5 nitrogen and oxygen atoms in total. The number of benzene rings is 3. The van der Waals surface area contributed by atoms with Gasteiger partial charge in [0.25, 0.3) is 5.56 Å². The van der Waals surface area contributed by atoms with Gasteiger partial charge in [-0.15, -0.1) is 0 Å². The molecule has 0 aliphatic heterocycles. The van der Waals surface area contributed by atoms with Gasteiger partial charge in [0.1, 0.15) is 5.75 Å². The number of para-hydroxylation sites is 1. The van der Waals surface area contributed by atoms with Crippen LogP contribution in [0.4, 0.5) is 0 Å².